The van der Waals surface area contributed by atoms with E-state index >= 15 is 0 Å². The SMILES string of the molecule is CCCNC(C)CCOCC(F)(F)F. The van der Waals surface area contributed by atoms with Gasteiger partial charge in [-0.05, 0) is 26.3 Å². The first-order chi connectivity index (χ1) is 6.45. The van der Waals surface area contributed by atoms with Crippen LogP contribution < -0.4 is 5.32 Å². The molecule has 2 nitrogen and oxygen atoms in total. The number of nitrogens with one attached hydrogen (secondary N) is 1. The molecule has 0 saturated heterocycles. The summed E-state index contributed by atoms with van der Waals surface area (Å²) in [6, 6.07) is 0.211. The first-order valence-corrected chi connectivity index (χ1v) is 4.83. The van der Waals surface area contributed by atoms with Crippen LogP contribution in [0.4, 0.5) is 13.2 Å². The van der Waals surface area contributed by atoms with Gasteiger partial charge in [-0.1, -0.05) is 6.92 Å². The number of hydrogen-bond acceptors (Lipinski definition) is 2. The highest BCUT2D eigenvalue weighted by molar-refractivity contribution is 4.59. The highest BCUT2D eigenvalue weighted by Gasteiger charge is 2.27. The molecule has 0 radical (unpaired) electrons. The van der Waals surface area contributed by atoms with Gasteiger partial charge in [0.15, 0.2) is 0 Å². The maximum absolute atomic E-state index is 11.6. The summed E-state index contributed by atoms with van der Waals surface area (Å²) in [4.78, 5) is 0. The van der Waals surface area contributed by atoms with Gasteiger partial charge < -0.3 is 10.1 Å². The van der Waals surface area contributed by atoms with Crippen molar-refractivity contribution in [1.29, 1.82) is 0 Å². The number of halogens is 3. The molecule has 1 unspecified atom stereocenters. The lowest BCUT2D eigenvalue weighted by molar-refractivity contribution is -0.174. The Morgan fingerprint density at radius 3 is 2.50 bits per heavy atom. The Bertz CT molecular complexity index is 139. The second-order valence-electron chi connectivity index (χ2n) is 3.31. The van der Waals surface area contributed by atoms with Crippen LogP contribution in [-0.2, 0) is 4.74 Å². The number of rotatable bonds is 7. The Balaban J connectivity index is 3.27. The smallest absolute Gasteiger partial charge is 0.372 e. The Hall–Kier alpha value is -0.290. The Labute approximate surface area is 82.8 Å². The molecule has 0 spiro atoms. The van der Waals surface area contributed by atoms with Gasteiger partial charge in [0.2, 0.25) is 0 Å². The minimum atomic E-state index is -4.21. The Morgan fingerprint density at radius 1 is 1.36 bits per heavy atom. The van der Waals surface area contributed by atoms with Gasteiger partial charge in [-0.2, -0.15) is 13.2 Å². The molecular formula is C9H18F3NO. The van der Waals surface area contributed by atoms with Crippen molar-refractivity contribution in [3.8, 4) is 0 Å². The molecule has 0 heterocycles. The molecule has 1 N–H and O–H groups in total. The lowest BCUT2D eigenvalue weighted by atomic mass is 10.2. The van der Waals surface area contributed by atoms with Crippen molar-refractivity contribution < 1.29 is 17.9 Å². The zero-order valence-corrected chi connectivity index (χ0v) is 8.66. The summed E-state index contributed by atoms with van der Waals surface area (Å²) in [5, 5.41) is 3.17. The van der Waals surface area contributed by atoms with E-state index in [9.17, 15) is 13.2 Å². The fraction of sp³-hybridized carbons (Fsp3) is 1.00. The summed E-state index contributed by atoms with van der Waals surface area (Å²) >= 11 is 0. The van der Waals surface area contributed by atoms with Gasteiger partial charge in [-0.3, -0.25) is 0 Å². The van der Waals surface area contributed by atoms with E-state index in [0.717, 1.165) is 13.0 Å². The van der Waals surface area contributed by atoms with E-state index in [-0.39, 0.29) is 12.6 Å². The minimum absolute atomic E-state index is 0.150. The van der Waals surface area contributed by atoms with Gasteiger partial charge in [0.05, 0.1) is 0 Å². The molecule has 1 atom stereocenters. The molecule has 0 aromatic carbocycles. The van der Waals surface area contributed by atoms with E-state index in [1.54, 1.807) is 0 Å². The number of ether oxygens (including phenoxy) is 1. The van der Waals surface area contributed by atoms with Crippen LogP contribution in [-0.4, -0.2) is 32.0 Å². The van der Waals surface area contributed by atoms with E-state index in [1.807, 2.05) is 13.8 Å². The van der Waals surface area contributed by atoms with Crippen molar-refractivity contribution in [2.45, 2.75) is 38.9 Å². The van der Waals surface area contributed by atoms with Crippen LogP contribution >= 0.6 is 0 Å². The van der Waals surface area contributed by atoms with Crippen LogP contribution in [0.2, 0.25) is 0 Å². The lowest BCUT2D eigenvalue weighted by Gasteiger charge is -2.13. The molecular weight excluding hydrogens is 195 g/mol. The summed E-state index contributed by atoms with van der Waals surface area (Å²) < 4.78 is 39.4. The lowest BCUT2D eigenvalue weighted by Crippen LogP contribution is -2.28. The molecule has 0 bridgehead atoms. The predicted molar refractivity (Wildman–Crippen MR) is 49.2 cm³/mol. The van der Waals surface area contributed by atoms with Gasteiger partial charge in [0.1, 0.15) is 6.61 Å². The van der Waals surface area contributed by atoms with Gasteiger partial charge in [-0.25, -0.2) is 0 Å². The zero-order chi connectivity index (χ0) is 11.0. The molecule has 0 saturated carbocycles. The van der Waals surface area contributed by atoms with E-state index in [2.05, 4.69) is 10.1 Å². The van der Waals surface area contributed by atoms with Crippen molar-refractivity contribution in [2.24, 2.45) is 0 Å². The van der Waals surface area contributed by atoms with Crippen molar-refractivity contribution in [1.82, 2.24) is 5.32 Å². The molecule has 0 aliphatic carbocycles. The van der Waals surface area contributed by atoms with Crippen LogP contribution in [0.5, 0.6) is 0 Å². The molecule has 5 heteroatoms. The van der Waals surface area contributed by atoms with Crippen LogP contribution in [0.15, 0.2) is 0 Å². The highest BCUT2D eigenvalue weighted by Crippen LogP contribution is 2.14. The van der Waals surface area contributed by atoms with Gasteiger partial charge in [0.25, 0.3) is 0 Å². The average molecular weight is 213 g/mol. The molecule has 14 heavy (non-hydrogen) atoms. The summed E-state index contributed by atoms with van der Waals surface area (Å²) in [7, 11) is 0. The predicted octanol–water partition coefficient (Wildman–Crippen LogP) is 2.34. The second-order valence-corrected chi connectivity index (χ2v) is 3.31. The summed E-state index contributed by atoms with van der Waals surface area (Å²) in [5.41, 5.74) is 0. The van der Waals surface area contributed by atoms with E-state index < -0.39 is 12.8 Å². The topological polar surface area (TPSA) is 21.3 Å². The average Bonchev–Trinajstić information content (AvgIpc) is 2.07. The Morgan fingerprint density at radius 2 is 2.00 bits per heavy atom. The molecule has 86 valence electrons. The van der Waals surface area contributed by atoms with Crippen molar-refractivity contribution in [3.63, 3.8) is 0 Å². The summed E-state index contributed by atoms with van der Waals surface area (Å²) in [6.45, 7) is 3.87. The maximum Gasteiger partial charge on any atom is 0.411 e. The van der Waals surface area contributed by atoms with E-state index in [1.165, 1.54) is 0 Å². The third-order valence-corrected chi connectivity index (χ3v) is 1.70. The van der Waals surface area contributed by atoms with Crippen molar-refractivity contribution >= 4 is 0 Å². The standard InChI is InChI=1S/C9H18F3NO/c1-3-5-13-8(2)4-6-14-7-9(10,11)12/h8,13H,3-7H2,1-2H3. The van der Waals surface area contributed by atoms with Gasteiger partial charge in [-0.15, -0.1) is 0 Å². The molecule has 0 rings (SSSR count). The van der Waals surface area contributed by atoms with Crippen LogP contribution in [0, 0.1) is 0 Å². The van der Waals surface area contributed by atoms with Crippen molar-refractivity contribution in [2.75, 3.05) is 19.8 Å². The first kappa shape index (κ1) is 13.7. The maximum atomic E-state index is 11.6. The molecule has 0 aliphatic rings. The fourth-order valence-corrected chi connectivity index (χ4v) is 0.941. The molecule has 0 amide bonds. The van der Waals surface area contributed by atoms with Crippen LogP contribution in [0.25, 0.3) is 0 Å². The normalized spacial score (nSPS) is 14.4. The molecule has 0 aromatic heterocycles. The fourth-order valence-electron chi connectivity index (χ4n) is 0.941. The monoisotopic (exact) mass is 213 g/mol. The van der Waals surface area contributed by atoms with Gasteiger partial charge in [0, 0.05) is 12.6 Å². The van der Waals surface area contributed by atoms with Crippen LogP contribution in [0.3, 0.4) is 0 Å². The second kappa shape index (κ2) is 7.06. The van der Waals surface area contributed by atoms with Gasteiger partial charge >= 0.3 is 6.18 Å². The third kappa shape index (κ3) is 9.80. The van der Waals surface area contributed by atoms with E-state index in [0.29, 0.717) is 6.42 Å². The highest BCUT2D eigenvalue weighted by atomic mass is 19.4. The minimum Gasteiger partial charge on any atom is -0.372 e. The van der Waals surface area contributed by atoms with Crippen molar-refractivity contribution in [3.05, 3.63) is 0 Å². The molecule has 0 aliphatic heterocycles. The van der Waals surface area contributed by atoms with Crippen LogP contribution in [0.1, 0.15) is 26.7 Å². The Kier molecular flexibility index (Phi) is 6.92. The summed E-state index contributed by atoms with van der Waals surface area (Å²) in [5.74, 6) is 0. The first-order valence-electron chi connectivity index (χ1n) is 4.83. The third-order valence-electron chi connectivity index (χ3n) is 1.70. The quantitative estimate of drug-likeness (QED) is 0.655. The van der Waals surface area contributed by atoms with E-state index in [4.69, 9.17) is 0 Å². The zero-order valence-electron chi connectivity index (χ0n) is 8.66. The molecule has 0 fully saturated rings. The largest absolute Gasteiger partial charge is 0.411 e. The summed E-state index contributed by atoms with van der Waals surface area (Å²) in [6.07, 6.45) is -2.58. The number of alkyl halides is 3. The number of hydrogen-bond donors (Lipinski definition) is 1. The molecule has 0 aromatic rings.